The zero-order valence-electron chi connectivity index (χ0n) is 37.1. The maximum absolute atomic E-state index is 15.1. The molecule has 2 aliphatic rings. The molecule has 2 aromatic heterocycles. The number of hydrogen-bond donors (Lipinski definition) is 0. The van der Waals surface area contributed by atoms with Gasteiger partial charge in [-0.25, -0.2) is 9.78 Å². The topological polar surface area (TPSA) is 106 Å². The molecule has 0 aliphatic carbocycles. The molecule has 2 fully saturated rings. The third-order valence-electron chi connectivity index (χ3n) is 11.5. The van der Waals surface area contributed by atoms with Gasteiger partial charge in [0.25, 0.3) is 0 Å². The van der Waals surface area contributed by atoms with Crippen molar-refractivity contribution in [1.29, 1.82) is 0 Å². The molecule has 63 heavy (non-hydrogen) atoms. The van der Waals surface area contributed by atoms with E-state index in [2.05, 4.69) is 11.9 Å². The fourth-order valence-corrected chi connectivity index (χ4v) is 8.53. The number of fused-ring (bicyclic) bond motifs is 1. The van der Waals surface area contributed by atoms with Crippen molar-refractivity contribution >= 4 is 40.2 Å². The lowest BCUT2D eigenvalue weighted by molar-refractivity contribution is -0.137. The highest BCUT2D eigenvalue weighted by Crippen LogP contribution is 2.43. The number of nitrogens with zero attached hydrogens (tertiary/aromatic N) is 7. The van der Waals surface area contributed by atoms with Crippen molar-refractivity contribution in [2.75, 3.05) is 63.8 Å². The van der Waals surface area contributed by atoms with Crippen molar-refractivity contribution in [1.82, 2.24) is 24.8 Å². The van der Waals surface area contributed by atoms with Crippen LogP contribution in [0, 0.1) is 0 Å². The summed E-state index contributed by atoms with van der Waals surface area (Å²) in [6.07, 6.45) is -3.23. The van der Waals surface area contributed by atoms with E-state index < -0.39 is 29.0 Å². The molecule has 16 heteroatoms. The fraction of sp³-hybridized carbons (Fsp3) is 0.447. The molecule has 1 atom stereocenters. The number of aromatic nitrogens is 3. The van der Waals surface area contributed by atoms with Gasteiger partial charge in [-0.05, 0) is 121 Å². The van der Waals surface area contributed by atoms with E-state index in [-0.39, 0.29) is 28.3 Å². The minimum atomic E-state index is -4.77. The number of amides is 1. The molecule has 2 aliphatic heterocycles. The standard InChI is InChI=1S/C47H55ClF3N7O5/c1-45(2,3)63-44(59)57-24-22-56(23-25-57)42-35-26-37(48)34(27-38(35)52-43(54-42)62-46(4,5)39-10-9-21-55(39)6)41-36(47(49,50)51)19-20-40(53-41)58(28-30-11-15-32(60-7)16-12-30)29-31-13-17-33(61-8)18-14-31/h11-20,26-27,39H,9-10,21-25,28-29H2,1-8H3. The number of benzene rings is 3. The van der Waals surface area contributed by atoms with E-state index in [9.17, 15) is 4.79 Å². The Balaban J connectivity index is 1.32. The molecule has 12 nitrogen and oxygen atoms in total. The molecule has 0 spiro atoms. The number of pyridine rings is 1. The summed E-state index contributed by atoms with van der Waals surface area (Å²) in [5.74, 6) is 2.16. The van der Waals surface area contributed by atoms with Gasteiger partial charge in [-0.2, -0.15) is 23.1 Å². The second-order valence-corrected chi connectivity index (χ2v) is 18.0. The molecule has 0 saturated carbocycles. The number of hydrogen-bond acceptors (Lipinski definition) is 11. The van der Waals surface area contributed by atoms with Gasteiger partial charge >= 0.3 is 18.3 Å². The van der Waals surface area contributed by atoms with Gasteiger partial charge in [-0.15, -0.1) is 0 Å². The number of carbonyl (C=O) groups is 1. The highest BCUT2D eigenvalue weighted by atomic mass is 35.5. The molecule has 1 amide bonds. The SMILES string of the molecule is COc1ccc(CN(Cc2ccc(OC)cc2)c2ccc(C(F)(F)F)c(-c3cc4nc(OC(C)(C)C5CCCN5C)nc(N5CCN(C(=O)OC(C)(C)C)CC5)c4cc3Cl)n2)cc1. The van der Waals surface area contributed by atoms with Crippen molar-refractivity contribution in [3.8, 4) is 28.8 Å². The molecule has 0 N–H and O–H groups in total. The number of rotatable bonds is 12. The van der Waals surface area contributed by atoms with E-state index in [1.807, 2.05) is 92.9 Å². The summed E-state index contributed by atoms with van der Waals surface area (Å²) in [6.45, 7) is 12.5. The van der Waals surface area contributed by atoms with Gasteiger partial charge in [0.2, 0.25) is 0 Å². The van der Waals surface area contributed by atoms with Crippen molar-refractivity contribution < 1.29 is 36.9 Å². The number of ether oxygens (including phenoxy) is 4. The first-order valence-electron chi connectivity index (χ1n) is 21.0. The average Bonchev–Trinajstić information content (AvgIpc) is 3.69. The Labute approximate surface area is 371 Å². The zero-order chi connectivity index (χ0) is 45.3. The van der Waals surface area contributed by atoms with Gasteiger partial charge in [0.1, 0.15) is 34.3 Å². The first kappa shape index (κ1) is 45.5. The Morgan fingerprint density at radius 1 is 0.810 bits per heavy atom. The van der Waals surface area contributed by atoms with Crippen LogP contribution in [0.1, 0.15) is 64.2 Å². The maximum Gasteiger partial charge on any atom is 0.418 e. The van der Waals surface area contributed by atoms with E-state index in [4.69, 9.17) is 45.5 Å². The molecule has 5 aromatic rings. The summed E-state index contributed by atoms with van der Waals surface area (Å²) >= 11 is 7.07. The molecule has 0 bridgehead atoms. The normalized spacial score (nSPS) is 16.3. The van der Waals surface area contributed by atoms with Crippen LogP contribution in [0.4, 0.5) is 29.6 Å². The molecule has 2 saturated heterocycles. The van der Waals surface area contributed by atoms with Crippen LogP contribution in [0.3, 0.4) is 0 Å². The van der Waals surface area contributed by atoms with E-state index >= 15 is 13.2 Å². The molecule has 4 heterocycles. The predicted octanol–water partition coefficient (Wildman–Crippen LogP) is 9.90. The van der Waals surface area contributed by atoms with Crippen LogP contribution in [-0.2, 0) is 24.0 Å². The Hall–Kier alpha value is -5.54. The van der Waals surface area contributed by atoms with E-state index in [0.29, 0.717) is 73.3 Å². The number of piperazine rings is 1. The molecule has 7 rings (SSSR count). The number of halogens is 4. The highest BCUT2D eigenvalue weighted by Gasteiger charge is 2.39. The summed E-state index contributed by atoms with van der Waals surface area (Å²) in [7, 11) is 5.23. The van der Waals surface area contributed by atoms with Gasteiger partial charge in [-0.1, -0.05) is 35.9 Å². The number of alkyl halides is 3. The third kappa shape index (κ3) is 10.6. The molecular weight excluding hydrogens is 835 g/mol. The zero-order valence-corrected chi connectivity index (χ0v) is 37.8. The largest absolute Gasteiger partial charge is 0.497 e. The van der Waals surface area contributed by atoms with Crippen LogP contribution in [0.2, 0.25) is 5.02 Å². The summed E-state index contributed by atoms with van der Waals surface area (Å²) in [4.78, 5) is 35.3. The summed E-state index contributed by atoms with van der Waals surface area (Å²) < 4.78 is 68.1. The lowest BCUT2D eigenvalue weighted by Crippen LogP contribution is -2.50. The van der Waals surface area contributed by atoms with Crippen molar-refractivity contribution in [2.24, 2.45) is 0 Å². The monoisotopic (exact) mass is 889 g/mol. The third-order valence-corrected chi connectivity index (χ3v) is 11.8. The Kier molecular flexibility index (Phi) is 13.2. The first-order valence-corrected chi connectivity index (χ1v) is 21.4. The van der Waals surface area contributed by atoms with E-state index in [1.165, 1.54) is 6.07 Å². The highest BCUT2D eigenvalue weighted by molar-refractivity contribution is 6.34. The Morgan fingerprint density at radius 3 is 1.94 bits per heavy atom. The molecular formula is C47H55ClF3N7O5. The van der Waals surface area contributed by atoms with Gasteiger partial charge in [-0.3, -0.25) is 4.90 Å². The first-order chi connectivity index (χ1) is 29.8. The lowest BCUT2D eigenvalue weighted by atomic mass is 9.96. The Bertz CT molecular complexity index is 2350. The molecule has 3 aromatic carbocycles. The maximum atomic E-state index is 15.1. The van der Waals surface area contributed by atoms with Crippen LogP contribution in [0.15, 0.2) is 72.8 Å². The predicted molar refractivity (Wildman–Crippen MR) is 239 cm³/mol. The van der Waals surface area contributed by atoms with Gasteiger partial charge in [0.05, 0.1) is 36.0 Å². The number of likely N-dealkylation sites (N-methyl/N-ethyl adjacent to an activating group) is 1. The second-order valence-electron chi connectivity index (χ2n) is 17.6. The smallest absolute Gasteiger partial charge is 0.418 e. The van der Waals surface area contributed by atoms with Gasteiger partial charge in [0.15, 0.2) is 0 Å². The summed E-state index contributed by atoms with van der Waals surface area (Å²) in [5, 5.41) is 0.552. The fourth-order valence-electron chi connectivity index (χ4n) is 8.28. The number of anilines is 2. The van der Waals surface area contributed by atoms with Crippen LogP contribution in [-0.4, -0.2) is 102 Å². The molecule has 1 unspecified atom stereocenters. The van der Waals surface area contributed by atoms with Crippen molar-refractivity contribution in [3.63, 3.8) is 0 Å². The molecule has 336 valence electrons. The van der Waals surface area contributed by atoms with Gasteiger partial charge < -0.3 is 33.6 Å². The van der Waals surface area contributed by atoms with Gasteiger partial charge in [0, 0.05) is 56.3 Å². The van der Waals surface area contributed by atoms with E-state index in [0.717, 1.165) is 36.6 Å². The lowest BCUT2D eigenvalue weighted by Gasteiger charge is -2.37. The average molecular weight is 890 g/mol. The van der Waals surface area contributed by atoms with Crippen LogP contribution in [0.5, 0.6) is 17.5 Å². The number of carbonyl (C=O) groups excluding carboxylic acids is 1. The minimum absolute atomic E-state index is 0.0355. The summed E-state index contributed by atoms with van der Waals surface area (Å²) in [6, 6.07) is 20.7. The second kappa shape index (κ2) is 18.3. The molecule has 0 radical (unpaired) electrons. The van der Waals surface area contributed by atoms with Crippen LogP contribution in [0.25, 0.3) is 22.2 Å². The van der Waals surface area contributed by atoms with Crippen molar-refractivity contribution in [2.45, 2.75) is 84.0 Å². The minimum Gasteiger partial charge on any atom is -0.497 e. The quantitative estimate of drug-likeness (QED) is 0.120. The summed E-state index contributed by atoms with van der Waals surface area (Å²) in [5.41, 5.74) is -0.487. The number of methoxy groups -OCH3 is 2. The van der Waals surface area contributed by atoms with Crippen LogP contribution < -0.4 is 24.0 Å². The van der Waals surface area contributed by atoms with E-state index in [1.54, 1.807) is 31.3 Å². The van der Waals surface area contributed by atoms with Crippen molar-refractivity contribution in [3.05, 3.63) is 94.5 Å². The van der Waals surface area contributed by atoms with Crippen LogP contribution >= 0.6 is 11.6 Å². The Morgan fingerprint density at radius 2 is 1.41 bits per heavy atom. The number of likely N-dealkylation sites (tertiary alicyclic amines) is 1.